The summed E-state index contributed by atoms with van der Waals surface area (Å²) >= 11 is 0. The molecule has 4 atom stereocenters. The minimum Gasteiger partial charge on any atom is -0.657 e. The fourth-order valence-corrected chi connectivity index (χ4v) is 7.30. The Labute approximate surface area is 277 Å². The van der Waals surface area contributed by atoms with Crippen LogP contribution in [0.4, 0.5) is 0 Å². The molecule has 3 aromatic rings. The molecule has 6 rings (SSSR count). The van der Waals surface area contributed by atoms with Gasteiger partial charge in [0, 0.05) is 18.0 Å². The zero-order valence-corrected chi connectivity index (χ0v) is 28.0. The SMILES string of the molecule is C=Cc1c(C)/c2[n-]/c1=C\c1[n-]c(c(CC)c1C)/C=c1\[n-]c3c(c1C)[C@H](O)[C@H](C(=O)OC)C=3C1NC(=C(C)[C@@H]1CCC(=O)O)\C=2.[Mg+2]. The molecule has 8 bridgehead atoms. The summed E-state index contributed by atoms with van der Waals surface area (Å²) in [5.74, 6) is -2.72. The topological polar surface area (TPSA) is 138 Å². The van der Waals surface area contributed by atoms with Crippen molar-refractivity contribution in [2.24, 2.45) is 11.8 Å². The van der Waals surface area contributed by atoms with E-state index in [1.54, 1.807) is 0 Å². The summed E-state index contributed by atoms with van der Waals surface area (Å²) in [4.78, 5) is 40.1. The number of hydrogen-bond donors (Lipinski definition) is 3. The van der Waals surface area contributed by atoms with Gasteiger partial charge in [0.2, 0.25) is 0 Å². The molecule has 5 heterocycles. The standard InChI is InChI=1S/C35H37N4O5.Mg/c1-8-19-15(3)22-12-24-17(5)21(10-11-28(40)41)32(38-24)30-31(35(43)44-7)34(42)29-18(6)25(39-33(29)30)14-27-20(9-2)16(4)23(37-27)13-26(19)36-22;/h8,12-14,21,31-32,34,38,42H,1,9-11H2,2-7H3,(H,40,41);/q-3;+2/b22-12-,25-14-,26-13-;/t21-,31+,32?,34-;/m0./s1. The molecule has 0 fully saturated rings. The van der Waals surface area contributed by atoms with Gasteiger partial charge >= 0.3 is 35.0 Å². The second kappa shape index (κ2) is 12.2. The molecule has 3 aliphatic rings. The first-order valence-electron chi connectivity index (χ1n) is 15.0. The van der Waals surface area contributed by atoms with E-state index in [9.17, 15) is 19.8 Å². The number of allylic oxidation sites excluding steroid dienone is 1. The van der Waals surface area contributed by atoms with Crippen molar-refractivity contribution >= 4 is 64.9 Å². The molecule has 0 saturated carbocycles. The summed E-state index contributed by atoms with van der Waals surface area (Å²) in [5.41, 5.74) is 9.42. The Morgan fingerprint density at radius 1 is 1.00 bits per heavy atom. The number of aromatic nitrogens is 3. The van der Waals surface area contributed by atoms with E-state index < -0.39 is 30.0 Å². The Hall–Kier alpha value is -3.73. The van der Waals surface area contributed by atoms with Gasteiger partial charge in [-0.1, -0.05) is 60.1 Å². The third-order valence-electron chi connectivity index (χ3n) is 9.73. The number of aliphatic hydroxyl groups excluding tert-OH is 1. The number of hydrogen-bond acceptors (Lipinski definition) is 5. The van der Waals surface area contributed by atoms with Crippen LogP contribution in [0, 0.1) is 32.6 Å². The fourth-order valence-electron chi connectivity index (χ4n) is 7.30. The maximum atomic E-state index is 13.3. The Morgan fingerprint density at radius 3 is 2.33 bits per heavy atom. The summed E-state index contributed by atoms with van der Waals surface area (Å²) in [6.07, 6.45) is 7.64. The number of methoxy groups -OCH3 is 1. The maximum Gasteiger partial charge on any atom is 2.00 e. The van der Waals surface area contributed by atoms with Gasteiger partial charge in [-0.2, -0.15) is 0 Å². The summed E-state index contributed by atoms with van der Waals surface area (Å²) in [6.45, 7) is 14.1. The Balaban J connectivity index is 0.00000400. The predicted molar refractivity (Wildman–Crippen MR) is 173 cm³/mol. The number of rotatable bonds is 6. The van der Waals surface area contributed by atoms with Gasteiger partial charge in [-0.3, -0.25) is 9.59 Å². The van der Waals surface area contributed by atoms with Crippen molar-refractivity contribution in [2.75, 3.05) is 7.11 Å². The molecule has 0 aromatic carbocycles. The molecule has 3 N–H and O–H groups in total. The van der Waals surface area contributed by atoms with Gasteiger partial charge in [-0.05, 0) is 62.8 Å². The Bertz CT molecular complexity index is 2030. The van der Waals surface area contributed by atoms with Gasteiger partial charge in [0.1, 0.15) is 5.92 Å². The molecule has 0 spiro atoms. The van der Waals surface area contributed by atoms with E-state index in [1.807, 2.05) is 45.1 Å². The first-order chi connectivity index (χ1) is 21.0. The van der Waals surface area contributed by atoms with E-state index in [0.29, 0.717) is 28.3 Å². The number of carboxylic acid groups (broad SMARTS) is 1. The molecule has 1 aliphatic carbocycles. The van der Waals surface area contributed by atoms with Crippen LogP contribution in [0.1, 0.15) is 77.6 Å². The van der Waals surface area contributed by atoms with Crippen molar-refractivity contribution in [1.29, 1.82) is 0 Å². The number of fused-ring (bicyclic) bond motifs is 8. The Kier molecular flexibility index (Phi) is 8.87. The van der Waals surface area contributed by atoms with Crippen molar-refractivity contribution in [1.82, 2.24) is 20.3 Å². The van der Waals surface area contributed by atoms with Gasteiger partial charge < -0.3 is 35.2 Å². The smallest absolute Gasteiger partial charge is 0.657 e. The van der Waals surface area contributed by atoms with E-state index in [1.165, 1.54) is 7.11 Å². The summed E-state index contributed by atoms with van der Waals surface area (Å²) in [6, 6.07) is -0.493. The fraction of sp³-hybridized carbons (Fsp3) is 0.371. The van der Waals surface area contributed by atoms with Gasteiger partial charge in [-0.25, -0.2) is 0 Å². The Morgan fingerprint density at radius 2 is 1.69 bits per heavy atom. The number of aliphatic hydroxyl groups is 1. The van der Waals surface area contributed by atoms with E-state index in [2.05, 4.69) is 25.7 Å². The van der Waals surface area contributed by atoms with Gasteiger partial charge in [0.15, 0.2) is 0 Å². The summed E-state index contributed by atoms with van der Waals surface area (Å²) < 4.78 is 5.20. The van der Waals surface area contributed by atoms with Crippen molar-refractivity contribution < 1.29 is 24.5 Å². The molecule has 0 radical (unpaired) electrons. The van der Waals surface area contributed by atoms with Crippen LogP contribution in [0.25, 0.3) is 29.9 Å². The van der Waals surface area contributed by atoms with Crippen LogP contribution in [-0.4, -0.2) is 58.4 Å². The van der Waals surface area contributed by atoms with Crippen molar-refractivity contribution in [3.8, 4) is 0 Å². The summed E-state index contributed by atoms with van der Waals surface area (Å²) in [5, 5.41) is 27.7. The number of carboxylic acids is 1. The minimum absolute atomic E-state index is 0. The van der Waals surface area contributed by atoms with E-state index in [-0.39, 0.29) is 35.4 Å². The molecular formula is C35H37MgN4O5-. The van der Waals surface area contributed by atoms with Crippen LogP contribution in [0.15, 0.2) is 17.8 Å². The quantitative estimate of drug-likeness (QED) is 0.266. The number of nitrogens with one attached hydrogen (secondary N) is 1. The number of carbonyl (C=O) groups excluding carboxylic acids is 1. The predicted octanol–water partition coefficient (Wildman–Crippen LogP) is 0.473. The molecule has 45 heavy (non-hydrogen) atoms. The van der Waals surface area contributed by atoms with Crippen molar-refractivity contribution in [3.05, 3.63) is 84.0 Å². The van der Waals surface area contributed by atoms with Crippen molar-refractivity contribution in [3.63, 3.8) is 0 Å². The van der Waals surface area contributed by atoms with Crippen LogP contribution in [0.5, 0.6) is 0 Å². The number of carbonyl (C=O) groups is 2. The zero-order chi connectivity index (χ0) is 31.6. The second-order valence-electron chi connectivity index (χ2n) is 11.9. The average molecular weight is 618 g/mol. The van der Waals surface area contributed by atoms with E-state index >= 15 is 0 Å². The average Bonchev–Trinajstić information content (AvgIpc) is 3.72. The van der Waals surface area contributed by atoms with Gasteiger partial charge in [-0.15, -0.1) is 32.8 Å². The minimum atomic E-state index is -1.16. The number of esters is 1. The monoisotopic (exact) mass is 617 g/mol. The maximum absolute atomic E-state index is 13.3. The second-order valence-corrected chi connectivity index (χ2v) is 11.9. The normalized spacial score (nSPS) is 23.6. The zero-order valence-electron chi connectivity index (χ0n) is 26.6. The molecule has 230 valence electrons. The molecular weight excluding hydrogens is 581 g/mol. The molecule has 0 amide bonds. The van der Waals surface area contributed by atoms with Crippen LogP contribution in [0.2, 0.25) is 0 Å². The van der Waals surface area contributed by atoms with Crippen LogP contribution < -0.4 is 41.7 Å². The van der Waals surface area contributed by atoms with E-state index in [0.717, 1.165) is 67.6 Å². The van der Waals surface area contributed by atoms with Crippen LogP contribution in [-0.2, 0) is 20.7 Å². The van der Waals surface area contributed by atoms with Crippen LogP contribution in [0.3, 0.4) is 0 Å². The third kappa shape index (κ3) is 5.12. The van der Waals surface area contributed by atoms with Gasteiger partial charge in [0.25, 0.3) is 0 Å². The largest absolute Gasteiger partial charge is 2.00 e. The van der Waals surface area contributed by atoms with E-state index in [4.69, 9.17) is 19.7 Å². The summed E-state index contributed by atoms with van der Waals surface area (Å²) in [7, 11) is 1.31. The molecule has 2 aliphatic heterocycles. The molecule has 3 aromatic heterocycles. The number of ether oxygens (including phenoxy) is 1. The molecule has 10 heteroatoms. The third-order valence-corrected chi connectivity index (χ3v) is 9.73. The first-order valence-corrected chi connectivity index (χ1v) is 15.0. The number of nitrogens with zero attached hydrogens (tertiary/aromatic N) is 3. The molecule has 0 saturated heterocycles. The van der Waals surface area contributed by atoms with Gasteiger partial charge in [0.05, 0.1) is 19.3 Å². The number of aliphatic carboxylic acids is 1. The van der Waals surface area contributed by atoms with Crippen molar-refractivity contribution in [2.45, 2.75) is 66.0 Å². The molecule has 1 unspecified atom stereocenters. The van der Waals surface area contributed by atoms with Crippen LogP contribution >= 0.6 is 0 Å². The molecule has 9 nitrogen and oxygen atoms in total. The first kappa shape index (κ1) is 32.7.